The van der Waals surface area contributed by atoms with Gasteiger partial charge in [0, 0.05) is 60.2 Å². The van der Waals surface area contributed by atoms with Gasteiger partial charge in [0.2, 0.25) is 0 Å². The van der Waals surface area contributed by atoms with Crippen molar-refractivity contribution >= 4 is 60.6 Å². The van der Waals surface area contributed by atoms with Crippen LogP contribution in [0.4, 0.5) is 4.39 Å². The zero-order valence-corrected chi connectivity index (χ0v) is 29.7. The average Bonchev–Trinajstić information content (AvgIpc) is 3.05. The van der Waals surface area contributed by atoms with Gasteiger partial charge in [-0.2, -0.15) is 0 Å². The minimum absolute atomic E-state index is 0. The van der Waals surface area contributed by atoms with E-state index in [1.165, 1.54) is 17.5 Å². The first-order valence-corrected chi connectivity index (χ1v) is 16.7. The van der Waals surface area contributed by atoms with Gasteiger partial charge in [0.05, 0.1) is 5.76 Å². The molecular weight excluding hydrogens is 770 g/mol. The Labute approximate surface area is 287 Å². The van der Waals surface area contributed by atoms with E-state index in [9.17, 15) is 14.3 Å². The number of allylic oxidation sites excluding steroid dienone is 2. The van der Waals surface area contributed by atoms with E-state index in [2.05, 4.69) is 42.5 Å². The number of hydrogen-bond donors (Lipinski definition) is 1. The van der Waals surface area contributed by atoms with Gasteiger partial charge in [0.1, 0.15) is 5.82 Å². The number of ketones is 1. The van der Waals surface area contributed by atoms with Crippen LogP contribution >= 0.6 is 11.8 Å². The summed E-state index contributed by atoms with van der Waals surface area (Å²) < 4.78 is 14.4. The molecule has 0 unspecified atom stereocenters. The third kappa shape index (κ3) is 6.23. The maximum atomic E-state index is 14.4. The van der Waals surface area contributed by atoms with E-state index >= 15 is 0 Å². The van der Waals surface area contributed by atoms with E-state index in [4.69, 9.17) is 4.98 Å². The van der Waals surface area contributed by atoms with Crippen LogP contribution in [-0.2, 0) is 24.9 Å². The summed E-state index contributed by atoms with van der Waals surface area (Å²) in [6, 6.07) is 27.6. The van der Waals surface area contributed by atoms with Crippen LogP contribution in [0.5, 0.6) is 0 Å². The van der Waals surface area contributed by atoms with E-state index in [1.54, 1.807) is 17.8 Å². The Kier molecular flexibility index (Phi) is 10.6. The molecule has 6 heteroatoms. The van der Waals surface area contributed by atoms with Crippen molar-refractivity contribution in [1.29, 1.82) is 0 Å². The van der Waals surface area contributed by atoms with Gasteiger partial charge >= 0.3 is 0 Å². The van der Waals surface area contributed by atoms with Crippen molar-refractivity contribution in [3.8, 4) is 11.3 Å². The number of aromatic nitrogens is 1. The predicted molar refractivity (Wildman–Crippen MR) is 186 cm³/mol. The van der Waals surface area contributed by atoms with Gasteiger partial charge in [0.25, 0.3) is 0 Å². The molecular formula is C40H37FIrNO2S-. The number of nitrogens with zero attached hydrogens (tertiary/aromatic N) is 1. The van der Waals surface area contributed by atoms with Crippen LogP contribution < -0.4 is 0 Å². The smallest absolute Gasteiger partial charge is 0.162 e. The molecule has 0 saturated carbocycles. The number of hydrogen-bond acceptors (Lipinski definition) is 4. The van der Waals surface area contributed by atoms with E-state index in [0.717, 1.165) is 79.0 Å². The quantitative estimate of drug-likeness (QED) is 0.0754. The number of carbonyl (C=O) groups is 1. The molecule has 5 aromatic carbocycles. The molecule has 2 heterocycles. The fourth-order valence-electron chi connectivity index (χ4n) is 6.44. The molecule has 0 atom stereocenters. The molecule has 1 aromatic heterocycles. The summed E-state index contributed by atoms with van der Waals surface area (Å²) in [6.07, 6.45) is 6.78. The minimum Gasteiger partial charge on any atom is -0.512 e. The van der Waals surface area contributed by atoms with E-state index in [1.807, 2.05) is 58.2 Å². The zero-order valence-electron chi connectivity index (χ0n) is 26.5. The Morgan fingerprint density at radius 1 is 0.826 bits per heavy atom. The van der Waals surface area contributed by atoms with Crippen molar-refractivity contribution in [1.82, 2.24) is 4.98 Å². The van der Waals surface area contributed by atoms with Crippen LogP contribution in [-0.4, -0.2) is 15.9 Å². The first kappa shape index (κ1) is 33.8. The molecule has 7 rings (SSSR count). The van der Waals surface area contributed by atoms with Crippen molar-refractivity contribution in [2.24, 2.45) is 11.8 Å². The third-order valence-corrected chi connectivity index (χ3v) is 10.2. The van der Waals surface area contributed by atoms with Gasteiger partial charge in [-0.3, -0.25) is 9.78 Å². The van der Waals surface area contributed by atoms with Crippen molar-refractivity contribution < 1.29 is 34.4 Å². The van der Waals surface area contributed by atoms with E-state index in [0.29, 0.717) is 5.39 Å². The molecule has 0 saturated heterocycles. The van der Waals surface area contributed by atoms with Gasteiger partial charge < -0.3 is 5.11 Å². The van der Waals surface area contributed by atoms with E-state index in [-0.39, 0.29) is 49.3 Å². The first-order valence-electron chi connectivity index (χ1n) is 15.9. The van der Waals surface area contributed by atoms with Gasteiger partial charge in [0.15, 0.2) is 5.78 Å². The van der Waals surface area contributed by atoms with Crippen LogP contribution in [0, 0.1) is 23.7 Å². The Balaban J connectivity index is 0.000000225. The second-order valence-corrected chi connectivity index (χ2v) is 12.7. The summed E-state index contributed by atoms with van der Waals surface area (Å²) in [5.74, 6) is 0.365. The Morgan fingerprint density at radius 3 is 2.26 bits per heavy atom. The van der Waals surface area contributed by atoms with Crippen LogP contribution in [0.1, 0.15) is 53.4 Å². The maximum Gasteiger partial charge on any atom is 0.162 e. The van der Waals surface area contributed by atoms with E-state index < -0.39 is 0 Å². The SMILES string of the molecule is CCC(CC)C(=O)/C=C(\O)C(CC)CC.Fc1cccc2c1ccc1c3ccnc4c3c(cc21)Sc1cc2ccccc2[c-]c1-4.[Ir]. The fraction of sp³-hybridized carbons (Fsp3) is 0.250. The number of pyridine rings is 1. The summed E-state index contributed by atoms with van der Waals surface area (Å²) >= 11 is 1.75. The number of carbonyl (C=O) groups excluding carboxylic acids is 1. The molecule has 1 aliphatic heterocycles. The van der Waals surface area contributed by atoms with Crippen LogP contribution in [0.15, 0.2) is 101 Å². The number of aliphatic hydroxyl groups excluding tert-OH is 1. The summed E-state index contributed by atoms with van der Waals surface area (Å²) in [4.78, 5) is 18.8. The summed E-state index contributed by atoms with van der Waals surface area (Å²) in [7, 11) is 0. The van der Waals surface area contributed by atoms with Crippen molar-refractivity contribution in [2.45, 2.75) is 63.2 Å². The van der Waals surface area contributed by atoms with Gasteiger partial charge in [-0.05, 0) is 75.7 Å². The fourth-order valence-corrected chi connectivity index (χ4v) is 7.60. The normalized spacial score (nSPS) is 12.4. The topological polar surface area (TPSA) is 50.2 Å². The number of rotatable bonds is 7. The van der Waals surface area contributed by atoms with Gasteiger partial charge in [-0.25, -0.2) is 4.39 Å². The standard InChI is InChI=1S/C27H13FNS.C13H24O2.Ir/c28-23-7-3-6-17-19(23)9-8-18-20-10-11-29-27-22-12-15-4-1-2-5-16(15)13-24(22)30-25(26(20)27)14-21(17)18;1-5-10(6-2)12(14)9-13(15)11(7-3)8-4;/h1-11,13-14H;9-11,14H,5-8H2,1-4H3;/q-1;;/b;12-9-;. The number of fused-ring (bicyclic) bond motifs is 7. The third-order valence-electron chi connectivity index (χ3n) is 9.11. The Hall–Kier alpha value is -3.57. The average molecular weight is 807 g/mol. The summed E-state index contributed by atoms with van der Waals surface area (Å²) in [6.45, 7) is 8.07. The second kappa shape index (κ2) is 14.5. The summed E-state index contributed by atoms with van der Waals surface area (Å²) in [5, 5.41) is 18.1. The van der Waals surface area contributed by atoms with Gasteiger partial charge in [-0.1, -0.05) is 81.1 Å². The molecule has 0 spiro atoms. The molecule has 1 N–H and O–H groups in total. The van der Waals surface area contributed by atoms with Gasteiger partial charge in [-0.15, -0.1) is 35.3 Å². The molecule has 3 nitrogen and oxygen atoms in total. The van der Waals surface area contributed by atoms with Crippen molar-refractivity contribution in [3.63, 3.8) is 0 Å². The largest absolute Gasteiger partial charge is 0.512 e. The zero-order chi connectivity index (χ0) is 31.7. The molecule has 46 heavy (non-hydrogen) atoms. The first-order chi connectivity index (χ1) is 21.9. The van der Waals surface area contributed by atoms with Crippen LogP contribution in [0.2, 0.25) is 0 Å². The van der Waals surface area contributed by atoms with Crippen LogP contribution in [0.3, 0.4) is 0 Å². The van der Waals surface area contributed by atoms with Crippen molar-refractivity contribution in [3.05, 3.63) is 103 Å². The Morgan fingerprint density at radius 2 is 1.52 bits per heavy atom. The monoisotopic (exact) mass is 807 g/mol. The second-order valence-electron chi connectivity index (χ2n) is 11.6. The maximum absolute atomic E-state index is 14.4. The molecule has 0 amide bonds. The predicted octanol–water partition coefficient (Wildman–Crippen LogP) is 11.6. The van der Waals surface area contributed by atoms with Crippen molar-refractivity contribution in [2.75, 3.05) is 0 Å². The Bertz CT molecular complexity index is 2100. The molecule has 0 bridgehead atoms. The number of aliphatic hydroxyl groups is 1. The number of benzene rings is 5. The minimum atomic E-state index is -0.183. The van der Waals surface area contributed by atoms with Crippen LogP contribution in [0.25, 0.3) is 54.3 Å². The summed E-state index contributed by atoms with van der Waals surface area (Å²) in [5.41, 5.74) is 2.03. The number of halogens is 1. The molecule has 1 aliphatic rings. The molecule has 0 aliphatic carbocycles. The molecule has 1 radical (unpaired) electrons. The molecule has 0 fully saturated rings. The molecule has 6 aromatic rings. The molecule has 237 valence electrons.